The fourth-order valence-corrected chi connectivity index (χ4v) is 4.33. The lowest BCUT2D eigenvalue weighted by atomic mass is 10.2. The third-order valence-electron chi connectivity index (χ3n) is 4.93. The van der Waals surface area contributed by atoms with Gasteiger partial charge in [-0.05, 0) is 50.2 Å². The zero-order valence-electron chi connectivity index (χ0n) is 17.6. The topological polar surface area (TPSA) is 82.4 Å². The largest absolute Gasteiger partial charge is 0.494 e. The van der Waals surface area contributed by atoms with E-state index in [0.29, 0.717) is 43.9 Å². The predicted molar refractivity (Wildman–Crippen MR) is 118 cm³/mol. The van der Waals surface area contributed by atoms with Gasteiger partial charge >= 0.3 is 0 Å². The second kappa shape index (κ2) is 9.93. The van der Waals surface area contributed by atoms with E-state index in [1.165, 1.54) is 11.8 Å². The van der Waals surface area contributed by atoms with Gasteiger partial charge in [0.2, 0.25) is 5.91 Å². The maximum Gasteiger partial charge on any atom is 0.236 e. The summed E-state index contributed by atoms with van der Waals surface area (Å²) in [6, 6.07) is 11.6. The molecule has 0 N–H and O–H groups in total. The molecule has 1 unspecified atom stereocenters. The number of benzene rings is 1. The molecule has 0 bridgehead atoms. The second-order valence-electron chi connectivity index (χ2n) is 7.00. The first kappa shape index (κ1) is 21.3. The number of thioether (sulfide) groups is 1. The van der Waals surface area contributed by atoms with Crippen LogP contribution in [0.2, 0.25) is 0 Å². The zero-order valence-corrected chi connectivity index (χ0v) is 18.4. The van der Waals surface area contributed by atoms with Gasteiger partial charge in [-0.3, -0.25) is 14.3 Å². The van der Waals surface area contributed by atoms with Crippen molar-refractivity contribution in [1.82, 2.24) is 24.6 Å². The second-order valence-corrected chi connectivity index (χ2v) is 8.31. The number of hydrogen-bond donors (Lipinski definition) is 0. The number of aromatic nitrogens is 4. The van der Waals surface area contributed by atoms with Crippen molar-refractivity contribution < 1.29 is 14.3 Å². The van der Waals surface area contributed by atoms with E-state index in [2.05, 4.69) is 15.2 Å². The van der Waals surface area contributed by atoms with Crippen LogP contribution in [0.25, 0.3) is 17.1 Å². The Morgan fingerprint density at radius 3 is 2.52 bits per heavy atom. The lowest BCUT2D eigenvalue weighted by Gasteiger charge is -2.28. The first-order chi connectivity index (χ1) is 15.2. The molecule has 4 rings (SSSR count). The molecule has 8 nitrogen and oxygen atoms in total. The average molecular weight is 440 g/mol. The van der Waals surface area contributed by atoms with Gasteiger partial charge in [-0.25, -0.2) is 0 Å². The Bertz CT molecular complexity index is 1000. The molecule has 31 heavy (non-hydrogen) atoms. The Kier molecular flexibility index (Phi) is 6.83. The van der Waals surface area contributed by atoms with Gasteiger partial charge in [0.05, 0.1) is 25.1 Å². The molecule has 3 aromatic rings. The first-order valence-electron chi connectivity index (χ1n) is 10.3. The van der Waals surface area contributed by atoms with Gasteiger partial charge in [-0.15, -0.1) is 10.2 Å². The van der Waals surface area contributed by atoms with Crippen molar-refractivity contribution in [2.75, 3.05) is 32.9 Å². The van der Waals surface area contributed by atoms with Crippen LogP contribution in [-0.2, 0) is 9.53 Å². The number of nitrogens with zero attached hydrogens (tertiary/aromatic N) is 5. The highest BCUT2D eigenvalue weighted by atomic mass is 32.2. The maximum atomic E-state index is 12.9. The van der Waals surface area contributed by atoms with Crippen molar-refractivity contribution >= 4 is 17.7 Å². The number of carbonyl (C=O) groups excluding carboxylic acids is 1. The van der Waals surface area contributed by atoms with Gasteiger partial charge in [0.15, 0.2) is 11.0 Å². The summed E-state index contributed by atoms with van der Waals surface area (Å²) in [5.74, 6) is 1.58. The van der Waals surface area contributed by atoms with Gasteiger partial charge in [0.25, 0.3) is 0 Å². The maximum absolute atomic E-state index is 12.9. The smallest absolute Gasteiger partial charge is 0.236 e. The van der Waals surface area contributed by atoms with E-state index in [0.717, 1.165) is 17.0 Å². The summed E-state index contributed by atoms with van der Waals surface area (Å²) in [5.41, 5.74) is 1.80. The minimum atomic E-state index is -0.297. The highest BCUT2D eigenvalue weighted by Crippen LogP contribution is 2.31. The SMILES string of the molecule is CCOc1ccc(-n2c(SC(C)C(=O)N3CCOCC3)nnc2-c2ccncc2)cc1. The van der Waals surface area contributed by atoms with Gasteiger partial charge < -0.3 is 14.4 Å². The zero-order chi connectivity index (χ0) is 21.6. The fourth-order valence-electron chi connectivity index (χ4n) is 3.37. The van der Waals surface area contributed by atoms with Crippen molar-refractivity contribution in [3.05, 3.63) is 48.8 Å². The van der Waals surface area contributed by atoms with Crippen LogP contribution >= 0.6 is 11.8 Å². The molecule has 1 aliphatic rings. The van der Waals surface area contributed by atoms with Gasteiger partial charge in [-0.2, -0.15) is 0 Å². The fraction of sp³-hybridized carbons (Fsp3) is 0.364. The third-order valence-corrected chi connectivity index (χ3v) is 5.96. The first-order valence-corrected chi connectivity index (χ1v) is 11.2. The van der Waals surface area contributed by atoms with Crippen molar-refractivity contribution in [2.24, 2.45) is 0 Å². The normalized spacial score (nSPS) is 15.0. The van der Waals surface area contributed by atoms with Crippen LogP contribution < -0.4 is 4.74 Å². The van der Waals surface area contributed by atoms with Crippen molar-refractivity contribution in [2.45, 2.75) is 24.3 Å². The number of ether oxygens (including phenoxy) is 2. The molecule has 162 valence electrons. The van der Waals surface area contributed by atoms with Crippen molar-refractivity contribution in [3.63, 3.8) is 0 Å². The molecule has 1 saturated heterocycles. The van der Waals surface area contributed by atoms with Crippen LogP contribution in [-0.4, -0.2) is 68.7 Å². The molecule has 1 amide bonds. The molecule has 1 fully saturated rings. The molecule has 0 aliphatic carbocycles. The highest BCUT2D eigenvalue weighted by molar-refractivity contribution is 8.00. The number of pyridine rings is 1. The van der Waals surface area contributed by atoms with Gasteiger partial charge in [-0.1, -0.05) is 11.8 Å². The molecular formula is C22H25N5O3S. The molecule has 0 radical (unpaired) electrons. The van der Waals surface area contributed by atoms with E-state index in [9.17, 15) is 4.79 Å². The van der Waals surface area contributed by atoms with E-state index in [4.69, 9.17) is 9.47 Å². The van der Waals surface area contributed by atoms with E-state index in [-0.39, 0.29) is 11.2 Å². The van der Waals surface area contributed by atoms with Gasteiger partial charge in [0, 0.05) is 36.7 Å². The van der Waals surface area contributed by atoms with Crippen LogP contribution in [0.5, 0.6) is 5.75 Å². The van der Waals surface area contributed by atoms with E-state index in [1.54, 1.807) is 12.4 Å². The summed E-state index contributed by atoms with van der Waals surface area (Å²) in [4.78, 5) is 18.9. The number of carbonyl (C=O) groups is 1. The molecule has 1 atom stereocenters. The minimum Gasteiger partial charge on any atom is -0.494 e. The third kappa shape index (κ3) is 4.88. The van der Waals surface area contributed by atoms with E-state index in [1.807, 2.05) is 59.7 Å². The summed E-state index contributed by atoms with van der Waals surface area (Å²) < 4.78 is 12.9. The number of amides is 1. The number of hydrogen-bond acceptors (Lipinski definition) is 7. The molecule has 3 heterocycles. The molecule has 1 aliphatic heterocycles. The minimum absolute atomic E-state index is 0.0833. The molecule has 1 aromatic carbocycles. The molecule has 2 aromatic heterocycles. The highest BCUT2D eigenvalue weighted by Gasteiger charge is 2.26. The van der Waals surface area contributed by atoms with Crippen LogP contribution in [0.3, 0.4) is 0 Å². The summed E-state index contributed by atoms with van der Waals surface area (Å²) in [7, 11) is 0. The Morgan fingerprint density at radius 1 is 1.13 bits per heavy atom. The van der Waals surface area contributed by atoms with Crippen LogP contribution in [0.1, 0.15) is 13.8 Å². The lowest BCUT2D eigenvalue weighted by molar-refractivity contribution is -0.134. The van der Waals surface area contributed by atoms with Crippen LogP contribution in [0.15, 0.2) is 53.9 Å². The standard InChI is InChI=1S/C22H25N5O3S/c1-3-30-19-6-4-18(5-7-19)27-20(17-8-10-23-11-9-17)24-25-22(27)31-16(2)21(28)26-12-14-29-15-13-26/h4-11,16H,3,12-15H2,1-2H3. The summed E-state index contributed by atoms with van der Waals surface area (Å²) in [6.07, 6.45) is 3.45. The van der Waals surface area contributed by atoms with Crippen molar-refractivity contribution in [3.8, 4) is 22.8 Å². The Hall–Kier alpha value is -2.91. The molecular weight excluding hydrogens is 414 g/mol. The van der Waals surface area contributed by atoms with Crippen LogP contribution in [0, 0.1) is 0 Å². The molecule has 0 saturated carbocycles. The summed E-state index contributed by atoms with van der Waals surface area (Å²) in [5, 5.41) is 9.22. The number of rotatable bonds is 7. The summed E-state index contributed by atoms with van der Waals surface area (Å²) >= 11 is 1.41. The Labute approximate surface area is 185 Å². The molecule has 0 spiro atoms. The Morgan fingerprint density at radius 2 is 1.84 bits per heavy atom. The Balaban J connectivity index is 1.65. The van der Waals surface area contributed by atoms with Gasteiger partial charge in [0.1, 0.15) is 5.75 Å². The average Bonchev–Trinajstić information content (AvgIpc) is 3.24. The van der Waals surface area contributed by atoms with E-state index < -0.39 is 0 Å². The quantitative estimate of drug-likeness (QED) is 0.523. The van der Waals surface area contributed by atoms with E-state index >= 15 is 0 Å². The van der Waals surface area contributed by atoms with Crippen LogP contribution in [0.4, 0.5) is 0 Å². The molecule has 9 heteroatoms. The summed E-state index contributed by atoms with van der Waals surface area (Å²) in [6.45, 7) is 6.88. The lowest BCUT2D eigenvalue weighted by Crippen LogP contribution is -2.44. The number of morpholine rings is 1. The monoisotopic (exact) mass is 439 g/mol. The predicted octanol–water partition coefficient (Wildman–Crippen LogP) is 3.07. The van der Waals surface area contributed by atoms with Crippen molar-refractivity contribution in [1.29, 1.82) is 0 Å².